The number of amides is 1. The van der Waals surface area contributed by atoms with Gasteiger partial charge in [-0.25, -0.2) is 4.79 Å². The summed E-state index contributed by atoms with van der Waals surface area (Å²) in [6.07, 6.45) is 0. The molecule has 0 spiro atoms. The predicted molar refractivity (Wildman–Crippen MR) is 77.3 cm³/mol. The van der Waals surface area contributed by atoms with Gasteiger partial charge in [0.2, 0.25) is 0 Å². The van der Waals surface area contributed by atoms with Gasteiger partial charge in [-0.15, -0.1) is 0 Å². The lowest BCUT2D eigenvalue weighted by atomic mass is 10.1. The minimum absolute atomic E-state index is 0.228. The molecule has 1 aromatic rings. The van der Waals surface area contributed by atoms with Crippen LogP contribution in [-0.4, -0.2) is 45.4 Å². The number of hydrogen-bond donors (Lipinski definition) is 1. The van der Waals surface area contributed by atoms with Gasteiger partial charge in [0.15, 0.2) is 13.2 Å². The summed E-state index contributed by atoms with van der Waals surface area (Å²) in [5.74, 6) is -0.360. The minimum Gasteiger partial charge on any atom is -0.482 e. The molecule has 6 nitrogen and oxygen atoms in total. The third-order valence-electron chi connectivity index (χ3n) is 2.83. The molecule has 0 fully saturated rings. The zero-order chi connectivity index (χ0) is 15.7. The van der Waals surface area contributed by atoms with Crippen molar-refractivity contribution in [3.8, 4) is 5.75 Å². The van der Waals surface area contributed by atoms with Crippen LogP contribution in [-0.2, 0) is 19.1 Å². The van der Waals surface area contributed by atoms with Crippen molar-refractivity contribution in [2.45, 2.75) is 13.8 Å². The smallest absolute Gasteiger partial charge is 0.344 e. The summed E-state index contributed by atoms with van der Waals surface area (Å²) in [6, 6.07) is 5.55. The first-order chi connectivity index (χ1) is 10.0. The summed E-state index contributed by atoms with van der Waals surface area (Å²) < 4.78 is 14.9. The van der Waals surface area contributed by atoms with Crippen LogP contribution in [0.3, 0.4) is 0 Å². The van der Waals surface area contributed by atoms with E-state index in [9.17, 15) is 9.59 Å². The van der Waals surface area contributed by atoms with Crippen molar-refractivity contribution in [3.05, 3.63) is 29.3 Å². The average Bonchev–Trinajstić information content (AvgIpc) is 2.46. The van der Waals surface area contributed by atoms with E-state index in [1.165, 1.54) is 7.11 Å². The second-order valence-corrected chi connectivity index (χ2v) is 4.54. The van der Waals surface area contributed by atoms with Gasteiger partial charge < -0.3 is 19.5 Å². The molecule has 0 aliphatic heterocycles. The lowest BCUT2D eigenvalue weighted by molar-refractivity contribution is -0.150. The summed E-state index contributed by atoms with van der Waals surface area (Å²) in [4.78, 5) is 22.7. The normalized spacial score (nSPS) is 10.0. The summed E-state index contributed by atoms with van der Waals surface area (Å²) in [5, 5.41) is 2.54. The van der Waals surface area contributed by atoms with Crippen LogP contribution in [0.15, 0.2) is 18.2 Å². The van der Waals surface area contributed by atoms with E-state index in [1.54, 1.807) is 6.07 Å². The lowest BCUT2D eigenvalue weighted by Gasteiger charge is -2.09. The van der Waals surface area contributed by atoms with Crippen LogP contribution in [0.5, 0.6) is 5.75 Å². The Kier molecular flexibility index (Phi) is 7.25. The Hall–Kier alpha value is -2.08. The molecule has 0 heterocycles. The highest BCUT2D eigenvalue weighted by Crippen LogP contribution is 2.16. The molecule has 21 heavy (non-hydrogen) atoms. The maximum Gasteiger partial charge on any atom is 0.344 e. The van der Waals surface area contributed by atoms with E-state index in [0.29, 0.717) is 18.9 Å². The molecule has 1 amide bonds. The zero-order valence-electron chi connectivity index (χ0n) is 12.6. The molecule has 0 bridgehead atoms. The fraction of sp³-hybridized carbons (Fsp3) is 0.467. The van der Waals surface area contributed by atoms with Crippen LogP contribution in [0.25, 0.3) is 0 Å². The Morgan fingerprint density at radius 3 is 2.57 bits per heavy atom. The quantitative estimate of drug-likeness (QED) is 0.572. The number of carbonyl (C=O) groups is 2. The fourth-order valence-electron chi connectivity index (χ4n) is 1.48. The molecule has 0 aliphatic rings. The Morgan fingerprint density at radius 1 is 1.14 bits per heavy atom. The van der Waals surface area contributed by atoms with Crippen LogP contribution in [0.1, 0.15) is 11.1 Å². The number of ether oxygens (including phenoxy) is 3. The van der Waals surface area contributed by atoms with Crippen molar-refractivity contribution >= 4 is 11.9 Å². The van der Waals surface area contributed by atoms with Crippen molar-refractivity contribution in [2.75, 3.05) is 33.5 Å². The van der Waals surface area contributed by atoms with Crippen LogP contribution in [0.4, 0.5) is 0 Å². The van der Waals surface area contributed by atoms with Crippen LogP contribution in [0, 0.1) is 13.8 Å². The second-order valence-electron chi connectivity index (χ2n) is 4.54. The molecule has 0 radical (unpaired) electrons. The van der Waals surface area contributed by atoms with E-state index in [4.69, 9.17) is 14.2 Å². The van der Waals surface area contributed by atoms with Crippen LogP contribution in [0.2, 0.25) is 0 Å². The third kappa shape index (κ3) is 6.76. The maximum absolute atomic E-state index is 11.5. The van der Waals surface area contributed by atoms with Crippen molar-refractivity contribution in [2.24, 2.45) is 0 Å². The van der Waals surface area contributed by atoms with Crippen molar-refractivity contribution in [3.63, 3.8) is 0 Å². The first-order valence-electron chi connectivity index (χ1n) is 6.64. The molecule has 0 atom stereocenters. The SMILES string of the molecule is COCCNC(=O)COC(=O)COc1ccc(C)c(C)c1. The number of aryl methyl sites for hydroxylation is 2. The molecule has 0 saturated carbocycles. The van der Waals surface area contributed by atoms with Crippen molar-refractivity contribution in [1.29, 1.82) is 0 Å². The van der Waals surface area contributed by atoms with E-state index in [1.807, 2.05) is 26.0 Å². The Balaban J connectivity index is 2.24. The van der Waals surface area contributed by atoms with Gasteiger partial charge in [-0.05, 0) is 37.1 Å². The first-order valence-corrected chi connectivity index (χ1v) is 6.64. The van der Waals surface area contributed by atoms with Crippen LogP contribution < -0.4 is 10.1 Å². The second kappa shape index (κ2) is 8.97. The molecule has 116 valence electrons. The van der Waals surface area contributed by atoms with Gasteiger partial charge in [-0.3, -0.25) is 4.79 Å². The van der Waals surface area contributed by atoms with Crippen molar-refractivity contribution in [1.82, 2.24) is 5.32 Å². The minimum atomic E-state index is -0.588. The molecule has 0 unspecified atom stereocenters. The summed E-state index contributed by atoms with van der Waals surface area (Å²) >= 11 is 0. The monoisotopic (exact) mass is 295 g/mol. The van der Waals surface area contributed by atoms with E-state index in [2.05, 4.69) is 5.32 Å². The highest BCUT2D eigenvalue weighted by atomic mass is 16.6. The first kappa shape index (κ1) is 17.0. The molecular weight excluding hydrogens is 274 g/mol. The summed E-state index contributed by atoms with van der Waals surface area (Å²) in [5.41, 5.74) is 2.23. The highest BCUT2D eigenvalue weighted by Gasteiger charge is 2.08. The Morgan fingerprint density at radius 2 is 1.90 bits per heavy atom. The molecule has 1 aromatic carbocycles. The molecule has 1 N–H and O–H groups in total. The number of carbonyl (C=O) groups excluding carboxylic acids is 2. The molecule has 0 aromatic heterocycles. The van der Waals surface area contributed by atoms with Gasteiger partial charge in [-0.1, -0.05) is 6.07 Å². The number of nitrogens with one attached hydrogen (secondary N) is 1. The number of benzene rings is 1. The number of hydrogen-bond acceptors (Lipinski definition) is 5. The topological polar surface area (TPSA) is 73.9 Å². The van der Waals surface area contributed by atoms with Gasteiger partial charge in [0.1, 0.15) is 5.75 Å². The summed E-state index contributed by atoms with van der Waals surface area (Å²) in [7, 11) is 1.54. The van der Waals surface area contributed by atoms with Gasteiger partial charge in [0.05, 0.1) is 6.61 Å². The van der Waals surface area contributed by atoms with Gasteiger partial charge in [-0.2, -0.15) is 0 Å². The van der Waals surface area contributed by atoms with E-state index in [0.717, 1.165) is 11.1 Å². The van der Waals surface area contributed by atoms with E-state index in [-0.39, 0.29) is 19.1 Å². The number of esters is 1. The van der Waals surface area contributed by atoms with Crippen molar-refractivity contribution < 1.29 is 23.8 Å². The van der Waals surface area contributed by atoms with E-state index < -0.39 is 5.97 Å². The fourth-order valence-corrected chi connectivity index (χ4v) is 1.48. The molecule has 0 aliphatic carbocycles. The van der Waals surface area contributed by atoms with Gasteiger partial charge in [0.25, 0.3) is 5.91 Å². The van der Waals surface area contributed by atoms with E-state index >= 15 is 0 Å². The molecular formula is C15H21NO5. The Labute approximate surface area is 124 Å². The average molecular weight is 295 g/mol. The molecule has 6 heteroatoms. The third-order valence-corrected chi connectivity index (χ3v) is 2.83. The van der Waals surface area contributed by atoms with Crippen LogP contribution >= 0.6 is 0 Å². The molecule has 0 saturated heterocycles. The largest absolute Gasteiger partial charge is 0.482 e. The standard InChI is InChI=1S/C15H21NO5/c1-11-4-5-13(8-12(11)2)20-10-15(18)21-9-14(17)16-6-7-19-3/h4-5,8H,6-7,9-10H2,1-3H3,(H,16,17). The number of rotatable bonds is 8. The molecule has 1 rings (SSSR count). The predicted octanol–water partition coefficient (Wildman–Crippen LogP) is 0.988. The highest BCUT2D eigenvalue weighted by molar-refractivity contribution is 5.80. The van der Waals surface area contributed by atoms with Gasteiger partial charge >= 0.3 is 5.97 Å². The maximum atomic E-state index is 11.5. The number of methoxy groups -OCH3 is 1. The Bertz CT molecular complexity index is 487. The van der Waals surface area contributed by atoms with Gasteiger partial charge in [0, 0.05) is 13.7 Å². The lowest BCUT2D eigenvalue weighted by Crippen LogP contribution is -2.32. The summed E-state index contributed by atoms with van der Waals surface area (Å²) in [6.45, 7) is 4.20. The zero-order valence-corrected chi connectivity index (χ0v) is 12.6.